The molecule has 4 aromatic heterocycles. The van der Waals surface area contributed by atoms with Crippen LogP contribution in [0, 0.1) is 0 Å². The van der Waals surface area contributed by atoms with Crippen molar-refractivity contribution in [3.8, 4) is 10.6 Å². The Kier molecular flexibility index (Phi) is 1.78. The van der Waals surface area contributed by atoms with Crippen molar-refractivity contribution in [2.75, 3.05) is 0 Å². The number of thiazole rings is 1. The predicted molar refractivity (Wildman–Crippen MR) is 77.5 cm³/mol. The van der Waals surface area contributed by atoms with Crippen molar-refractivity contribution in [1.29, 1.82) is 0 Å². The normalized spacial score (nSPS) is 13.1. The van der Waals surface area contributed by atoms with Gasteiger partial charge in [-0.05, 0) is 18.2 Å². The highest BCUT2D eigenvalue weighted by molar-refractivity contribution is 7.42. The van der Waals surface area contributed by atoms with Crippen molar-refractivity contribution < 1.29 is 4.57 Å². The summed E-state index contributed by atoms with van der Waals surface area (Å²) in [7, 11) is 0. The monoisotopic (exact) mass is 282 g/mol. The molecule has 0 atom stereocenters. The Balaban J connectivity index is 1.94. The summed E-state index contributed by atoms with van der Waals surface area (Å²) in [6.45, 7) is 0.930. The topological polar surface area (TPSA) is 29.7 Å². The second-order valence-electron chi connectivity index (χ2n) is 4.62. The van der Waals surface area contributed by atoms with Crippen LogP contribution in [0.4, 0.5) is 0 Å². The van der Waals surface area contributed by atoms with Crippen LogP contribution in [0.2, 0.25) is 0 Å². The molecule has 0 aliphatic carbocycles. The van der Waals surface area contributed by atoms with E-state index in [2.05, 4.69) is 26.7 Å². The van der Waals surface area contributed by atoms with Crippen LogP contribution >= 0.6 is 22.7 Å². The van der Waals surface area contributed by atoms with Gasteiger partial charge in [-0.25, -0.2) is 4.98 Å². The lowest BCUT2D eigenvalue weighted by atomic mass is 10.2. The van der Waals surface area contributed by atoms with Crippen LogP contribution in [0.1, 0.15) is 5.56 Å². The third kappa shape index (κ3) is 1.19. The van der Waals surface area contributed by atoms with Crippen molar-refractivity contribution in [2.45, 2.75) is 6.54 Å². The fourth-order valence-electron chi connectivity index (χ4n) is 2.75. The largest absolute Gasteiger partial charge is 0.271 e. The molecular formula is C14H8N3S2+. The van der Waals surface area contributed by atoms with E-state index < -0.39 is 0 Å². The molecule has 90 valence electrons. The van der Waals surface area contributed by atoms with Crippen LogP contribution in [0.15, 0.2) is 36.8 Å². The molecule has 0 amide bonds. The Labute approximate surface area is 116 Å². The highest BCUT2D eigenvalue weighted by Crippen LogP contribution is 2.41. The second kappa shape index (κ2) is 3.37. The summed E-state index contributed by atoms with van der Waals surface area (Å²) in [5.41, 5.74) is 3.99. The maximum absolute atomic E-state index is 4.46. The molecule has 5 rings (SSSR count). The third-order valence-electron chi connectivity index (χ3n) is 3.58. The summed E-state index contributed by atoms with van der Waals surface area (Å²) in [6, 6.07) is 6.31. The molecule has 0 fully saturated rings. The quantitative estimate of drug-likeness (QED) is 0.408. The van der Waals surface area contributed by atoms with Gasteiger partial charge < -0.3 is 0 Å². The van der Waals surface area contributed by atoms with E-state index >= 15 is 0 Å². The van der Waals surface area contributed by atoms with E-state index in [0.29, 0.717) is 0 Å². The molecule has 4 aromatic rings. The van der Waals surface area contributed by atoms with Gasteiger partial charge in [-0.3, -0.25) is 4.98 Å². The molecule has 0 bridgehead atoms. The van der Waals surface area contributed by atoms with E-state index in [1.165, 1.54) is 31.1 Å². The summed E-state index contributed by atoms with van der Waals surface area (Å²) in [5, 5.41) is 2.62. The molecule has 5 heteroatoms. The molecule has 1 aliphatic rings. The van der Waals surface area contributed by atoms with Crippen molar-refractivity contribution in [2.24, 2.45) is 0 Å². The minimum Gasteiger partial charge on any atom is -0.264 e. The molecule has 0 saturated carbocycles. The Hall–Kier alpha value is -1.85. The van der Waals surface area contributed by atoms with E-state index in [0.717, 1.165) is 11.4 Å². The van der Waals surface area contributed by atoms with Crippen molar-refractivity contribution in [1.82, 2.24) is 9.97 Å². The van der Waals surface area contributed by atoms with Crippen LogP contribution < -0.4 is 4.57 Å². The van der Waals surface area contributed by atoms with Gasteiger partial charge in [-0.1, -0.05) is 22.7 Å². The molecule has 0 radical (unpaired) electrons. The summed E-state index contributed by atoms with van der Waals surface area (Å²) in [4.78, 5) is 9.83. The number of aromatic nitrogens is 3. The van der Waals surface area contributed by atoms with Gasteiger partial charge in [0, 0.05) is 24.2 Å². The van der Waals surface area contributed by atoms with Crippen LogP contribution in [-0.2, 0) is 6.54 Å². The number of hydrogen-bond acceptors (Lipinski definition) is 4. The summed E-state index contributed by atoms with van der Waals surface area (Å²) in [5.74, 6) is 0. The lowest BCUT2D eigenvalue weighted by Crippen LogP contribution is -2.30. The van der Waals surface area contributed by atoms with Crippen LogP contribution in [-0.4, -0.2) is 9.97 Å². The van der Waals surface area contributed by atoms with Crippen molar-refractivity contribution >= 4 is 42.4 Å². The molecule has 0 saturated heterocycles. The fourth-order valence-corrected chi connectivity index (χ4v) is 5.34. The number of hydrogen-bond donors (Lipinski definition) is 0. The number of pyridine rings is 2. The van der Waals surface area contributed by atoms with Crippen LogP contribution in [0.25, 0.3) is 30.3 Å². The molecule has 0 aromatic carbocycles. The van der Waals surface area contributed by atoms with Gasteiger partial charge in [0.05, 0.1) is 10.9 Å². The lowest BCUT2D eigenvalue weighted by molar-refractivity contribution is -0.641. The maximum atomic E-state index is 4.46. The SMILES string of the molecule is c1cnc2sc3sc4[n+](c3c2c1)Cc1cnccc1-4. The number of nitrogens with zero attached hydrogens (tertiary/aromatic N) is 3. The van der Waals surface area contributed by atoms with Gasteiger partial charge >= 0.3 is 0 Å². The van der Waals surface area contributed by atoms with Gasteiger partial charge in [0.2, 0.25) is 5.52 Å². The number of fused-ring (bicyclic) bond motifs is 7. The van der Waals surface area contributed by atoms with E-state index in [4.69, 9.17) is 0 Å². The molecule has 19 heavy (non-hydrogen) atoms. The van der Waals surface area contributed by atoms with E-state index in [9.17, 15) is 0 Å². The van der Waals surface area contributed by atoms with Gasteiger partial charge in [-0.2, -0.15) is 4.57 Å². The molecule has 1 aliphatic heterocycles. The van der Waals surface area contributed by atoms with E-state index in [1.807, 2.05) is 36.0 Å². The summed E-state index contributed by atoms with van der Waals surface area (Å²) < 4.78 is 3.78. The molecule has 3 nitrogen and oxygen atoms in total. The molecule has 0 spiro atoms. The van der Waals surface area contributed by atoms with Crippen LogP contribution in [0.5, 0.6) is 0 Å². The zero-order chi connectivity index (χ0) is 12.4. The Morgan fingerprint density at radius 3 is 3.16 bits per heavy atom. The predicted octanol–water partition coefficient (Wildman–Crippen LogP) is 3.22. The molecular weight excluding hydrogens is 274 g/mol. The first-order chi connectivity index (χ1) is 9.42. The maximum Gasteiger partial charge on any atom is 0.271 e. The Bertz CT molecular complexity index is 952. The Morgan fingerprint density at radius 1 is 1.16 bits per heavy atom. The average molecular weight is 282 g/mol. The fraction of sp³-hybridized carbons (Fsp3) is 0.0714. The van der Waals surface area contributed by atoms with Gasteiger partial charge in [-0.15, -0.1) is 0 Å². The minimum absolute atomic E-state index is 0.930. The van der Waals surface area contributed by atoms with Crippen molar-refractivity contribution in [3.63, 3.8) is 0 Å². The van der Waals surface area contributed by atoms with Gasteiger partial charge in [0.1, 0.15) is 4.83 Å². The highest BCUT2D eigenvalue weighted by atomic mass is 32.2. The summed E-state index contributed by atoms with van der Waals surface area (Å²) in [6.07, 6.45) is 5.72. The zero-order valence-corrected chi connectivity index (χ0v) is 11.5. The zero-order valence-electron chi connectivity index (χ0n) is 9.83. The number of rotatable bonds is 0. The molecule has 0 unspecified atom stereocenters. The smallest absolute Gasteiger partial charge is 0.264 e. The second-order valence-corrected chi connectivity index (χ2v) is 6.88. The molecule has 5 heterocycles. The highest BCUT2D eigenvalue weighted by Gasteiger charge is 2.33. The third-order valence-corrected chi connectivity index (χ3v) is 5.99. The van der Waals surface area contributed by atoms with Gasteiger partial charge in [0.25, 0.3) is 5.01 Å². The average Bonchev–Trinajstić information content (AvgIpc) is 3.05. The van der Waals surface area contributed by atoms with Gasteiger partial charge in [0.15, 0.2) is 10.6 Å². The first kappa shape index (κ1) is 10.00. The van der Waals surface area contributed by atoms with E-state index in [1.54, 1.807) is 11.3 Å². The molecule has 0 N–H and O–H groups in total. The summed E-state index contributed by atoms with van der Waals surface area (Å²) >= 11 is 3.66. The van der Waals surface area contributed by atoms with Crippen molar-refractivity contribution in [3.05, 3.63) is 42.4 Å². The number of thiophene rings is 1. The lowest BCUT2D eigenvalue weighted by Gasteiger charge is -1.88. The van der Waals surface area contributed by atoms with Crippen LogP contribution in [0.3, 0.4) is 0 Å². The first-order valence-electron chi connectivity index (χ1n) is 6.05. The first-order valence-corrected chi connectivity index (χ1v) is 7.68. The standard InChI is InChI=1S/C14H8N3S2/c1-2-10-11-14(18-12(10)16-4-1)19-13-9-3-5-15-6-8(9)7-17(11)13/h1-6H,7H2/q+1. The minimum atomic E-state index is 0.930. The van der Waals surface area contributed by atoms with E-state index in [-0.39, 0.29) is 0 Å². The Morgan fingerprint density at radius 2 is 2.16 bits per heavy atom.